The fourth-order valence-electron chi connectivity index (χ4n) is 1.98. The zero-order chi connectivity index (χ0) is 12.8. The standard InChI is InChI=1S/C15H25NO/c1-6-16(7-2)8-9-17-15-11-12(3)10-13(4)14(15)5/h10-11H,6-9H2,1-5H3. The molecule has 0 aliphatic rings. The maximum atomic E-state index is 5.89. The van der Waals surface area contributed by atoms with Crippen LogP contribution in [-0.2, 0) is 0 Å². The monoisotopic (exact) mass is 235 g/mol. The van der Waals surface area contributed by atoms with Gasteiger partial charge in [0, 0.05) is 6.54 Å². The van der Waals surface area contributed by atoms with E-state index in [1.54, 1.807) is 0 Å². The van der Waals surface area contributed by atoms with Crippen LogP contribution in [0.15, 0.2) is 12.1 Å². The number of ether oxygens (including phenoxy) is 1. The summed E-state index contributed by atoms with van der Waals surface area (Å²) in [6, 6.07) is 4.33. The van der Waals surface area contributed by atoms with E-state index in [0.29, 0.717) is 0 Å². The number of likely N-dealkylation sites (N-methyl/N-ethyl adjacent to an activating group) is 1. The summed E-state index contributed by atoms with van der Waals surface area (Å²) in [5.74, 6) is 1.04. The van der Waals surface area contributed by atoms with Crippen molar-refractivity contribution < 1.29 is 4.74 Å². The van der Waals surface area contributed by atoms with Gasteiger partial charge in [0.2, 0.25) is 0 Å². The van der Waals surface area contributed by atoms with E-state index in [1.807, 2.05) is 0 Å². The summed E-state index contributed by atoms with van der Waals surface area (Å²) in [6.07, 6.45) is 0. The molecule has 0 radical (unpaired) electrons. The molecule has 2 heteroatoms. The fourth-order valence-corrected chi connectivity index (χ4v) is 1.98. The molecule has 0 N–H and O–H groups in total. The van der Waals surface area contributed by atoms with Crippen LogP contribution in [0.25, 0.3) is 0 Å². The van der Waals surface area contributed by atoms with Crippen LogP contribution in [-0.4, -0.2) is 31.1 Å². The number of aryl methyl sites for hydroxylation is 2. The lowest BCUT2D eigenvalue weighted by atomic mass is 10.1. The Morgan fingerprint density at radius 3 is 2.29 bits per heavy atom. The minimum Gasteiger partial charge on any atom is -0.492 e. The first-order chi connectivity index (χ1) is 8.08. The van der Waals surface area contributed by atoms with E-state index < -0.39 is 0 Å². The van der Waals surface area contributed by atoms with Crippen molar-refractivity contribution in [2.24, 2.45) is 0 Å². The molecular weight excluding hydrogens is 210 g/mol. The molecule has 96 valence electrons. The number of nitrogens with zero attached hydrogens (tertiary/aromatic N) is 1. The summed E-state index contributed by atoms with van der Waals surface area (Å²) in [4.78, 5) is 2.37. The molecule has 0 spiro atoms. The minimum absolute atomic E-state index is 0.769. The predicted molar refractivity (Wildman–Crippen MR) is 73.9 cm³/mol. The van der Waals surface area contributed by atoms with Crippen LogP contribution in [0.1, 0.15) is 30.5 Å². The summed E-state index contributed by atoms with van der Waals surface area (Å²) in [6.45, 7) is 14.7. The Balaban J connectivity index is 2.57. The average molecular weight is 235 g/mol. The number of benzene rings is 1. The van der Waals surface area contributed by atoms with Gasteiger partial charge in [-0.1, -0.05) is 19.9 Å². The Labute approximate surface area is 106 Å². The first-order valence-electron chi connectivity index (χ1n) is 6.51. The molecule has 2 nitrogen and oxygen atoms in total. The summed E-state index contributed by atoms with van der Waals surface area (Å²) < 4.78 is 5.89. The molecule has 1 aromatic rings. The van der Waals surface area contributed by atoms with Crippen molar-refractivity contribution in [3.63, 3.8) is 0 Å². The zero-order valence-corrected chi connectivity index (χ0v) is 11.8. The molecule has 17 heavy (non-hydrogen) atoms. The van der Waals surface area contributed by atoms with Gasteiger partial charge in [-0.05, 0) is 56.6 Å². The Kier molecular flexibility index (Phi) is 5.49. The van der Waals surface area contributed by atoms with Crippen molar-refractivity contribution in [1.82, 2.24) is 4.90 Å². The molecule has 0 unspecified atom stereocenters. The van der Waals surface area contributed by atoms with Crippen LogP contribution in [0, 0.1) is 20.8 Å². The van der Waals surface area contributed by atoms with Crippen LogP contribution >= 0.6 is 0 Å². The van der Waals surface area contributed by atoms with Crippen LogP contribution in [0.2, 0.25) is 0 Å². The molecule has 1 rings (SSSR count). The third-order valence-electron chi connectivity index (χ3n) is 3.32. The second kappa shape index (κ2) is 6.65. The quantitative estimate of drug-likeness (QED) is 0.750. The van der Waals surface area contributed by atoms with Crippen molar-refractivity contribution in [2.75, 3.05) is 26.2 Å². The van der Waals surface area contributed by atoms with E-state index in [-0.39, 0.29) is 0 Å². The Bertz CT molecular complexity index is 356. The maximum absolute atomic E-state index is 5.89. The van der Waals surface area contributed by atoms with Gasteiger partial charge in [0.25, 0.3) is 0 Å². The molecule has 0 heterocycles. The first-order valence-corrected chi connectivity index (χ1v) is 6.51. The van der Waals surface area contributed by atoms with Gasteiger partial charge < -0.3 is 9.64 Å². The van der Waals surface area contributed by atoms with Crippen molar-refractivity contribution in [3.05, 3.63) is 28.8 Å². The van der Waals surface area contributed by atoms with Crippen molar-refractivity contribution >= 4 is 0 Å². The van der Waals surface area contributed by atoms with E-state index in [0.717, 1.165) is 32.0 Å². The van der Waals surface area contributed by atoms with Gasteiger partial charge in [0.05, 0.1) is 0 Å². The van der Waals surface area contributed by atoms with E-state index in [9.17, 15) is 0 Å². The Hall–Kier alpha value is -1.02. The molecule has 0 aliphatic heterocycles. The van der Waals surface area contributed by atoms with Gasteiger partial charge in [-0.2, -0.15) is 0 Å². The van der Waals surface area contributed by atoms with Crippen LogP contribution in [0.3, 0.4) is 0 Å². The fraction of sp³-hybridized carbons (Fsp3) is 0.600. The summed E-state index contributed by atoms with van der Waals surface area (Å²) in [5, 5.41) is 0. The normalized spacial score (nSPS) is 10.9. The van der Waals surface area contributed by atoms with Gasteiger partial charge in [0.15, 0.2) is 0 Å². The molecule has 0 fully saturated rings. The van der Waals surface area contributed by atoms with Gasteiger partial charge in [-0.15, -0.1) is 0 Å². The Morgan fingerprint density at radius 2 is 1.71 bits per heavy atom. The molecule has 0 amide bonds. The molecule has 1 aromatic carbocycles. The maximum Gasteiger partial charge on any atom is 0.122 e. The Morgan fingerprint density at radius 1 is 1.06 bits per heavy atom. The second-order valence-corrected chi connectivity index (χ2v) is 4.58. The van der Waals surface area contributed by atoms with E-state index in [2.05, 4.69) is 51.7 Å². The average Bonchev–Trinajstić information content (AvgIpc) is 2.30. The highest BCUT2D eigenvalue weighted by Gasteiger charge is 2.05. The van der Waals surface area contributed by atoms with Crippen LogP contribution in [0.4, 0.5) is 0 Å². The van der Waals surface area contributed by atoms with E-state index in [1.165, 1.54) is 16.7 Å². The molecule has 0 bridgehead atoms. The molecule has 0 atom stereocenters. The summed E-state index contributed by atoms with van der Waals surface area (Å²) in [5.41, 5.74) is 3.84. The lowest BCUT2D eigenvalue weighted by Gasteiger charge is -2.19. The lowest BCUT2D eigenvalue weighted by molar-refractivity contribution is 0.222. The first kappa shape index (κ1) is 14.0. The minimum atomic E-state index is 0.769. The second-order valence-electron chi connectivity index (χ2n) is 4.58. The van der Waals surface area contributed by atoms with Gasteiger partial charge in [-0.3, -0.25) is 0 Å². The third kappa shape index (κ3) is 4.04. The predicted octanol–water partition coefficient (Wildman–Crippen LogP) is 3.33. The summed E-state index contributed by atoms with van der Waals surface area (Å²) >= 11 is 0. The van der Waals surface area contributed by atoms with Gasteiger partial charge in [-0.25, -0.2) is 0 Å². The number of hydrogen-bond acceptors (Lipinski definition) is 2. The number of hydrogen-bond donors (Lipinski definition) is 0. The lowest BCUT2D eigenvalue weighted by Crippen LogP contribution is -2.28. The van der Waals surface area contributed by atoms with Gasteiger partial charge >= 0.3 is 0 Å². The SMILES string of the molecule is CCN(CC)CCOc1cc(C)cc(C)c1C. The highest BCUT2D eigenvalue weighted by molar-refractivity contribution is 5.41. The van der Waals surface area contributed by atoms with Gasteiger partial charge in [0.1, 0.15) is 12.4 Å². The topological polar surface area (TPSA) is 12.5 Å². The molecule has 0 aliphatic carbocycles. The highest BCUT2D eigenvalue weighted by atomic mass is 16.5. The summed E-state index contributed by atoms with van der Waals surface area (Å²) in [7, 11) is 0. The van der Waals surface area contributed by atoms with Crippen LogP contribution < -0.4 is 4.74 Å². The zero-order valence-electron chi connectivity index (χ0n) is 11.8. The van der Waals surface area contributed by atoms with E-state index >= 15 is 0 Å². The molecule has 0 aromatic heterocycles. The molecule has 0 saturated carbocycles. The third-order valence-corrected chi connectivity index (χ3v) is 3.32. The van der Waals surface area contributed by atoms with Crippen molar-refractivity contribution in [3.8, 4) is 5.75 Å². The van der Waals surface area contributed by atoms with Crippen molar-refractivity contribution in [2.45, 2.75) is 34.6 Å². The van der Waals surface area contributed by atoms with E-state index in [4.69, 9.17) is 4.74 Å². The molecule has 0 saturated heterocycles. The number of rotatable bonds is 6. The largest absolute Gasteiger partial charge is 0.492 e. The smallest absolute Gasteiger partial charge is 0.122 e. The van der Waals surface area contributed by atoms with Crippen LogP contribution in [0.5, 0.6) is 5.75 Å². The highest BCUT2D eigenvalue weighted by Crippen LogP contribution is 2.23. The van der Waals surface area contributed by atoms with Crippen molar-refractivity contribution in [1.29, 1.82) is 0 Å². The molecular formula is C15H25NO.